The molecular weight excluding hydrogens is 348 g/mol. The Morgan fingerprint density at radius 3 is 2.25 bits per heavy atom. The molecule has 1 aromatic heterocycles. The Bertz CT molecular complexity index is 868. The minimum atomic E-state index is 0.602. The molecule has 0 radical (unpaired) electrons. The van der Waals surface area contributed by atoms with E-state index in [2.05, 4.69) is 56.4 Å². The maximum absolute atomic E-state index is 5.81. The zero-order chi connectivity index (χ0) is 19.0. The smallest absolute Gasteiger partial charge is 0.247 e. The molecule has 0 spiro atoms. The van der Waals surface area contributed by atoms with E-state index < -0.39 is 0 Å². The lowest BCUT2D eigenvalue weighted by atomic mass is 10.2. The van der Waals surface area contributed by atoms with Crippen molar-refractivity contribution in [3.8, 4) is 11.5 Å². The van der Waals surface area contributed by atoms with Gasteiger partial charge in [-0.25, -0.2) is 0 Å². The minimum Gasteiger partial charge on any atom is -0.421 e. The van der Waals surface area contributed by atoms with Gasteiger partial charge in [-0.15, -0.1) is 10.2 Å². The summed E-state index contributed by atoms with van der Waals surface area (Å²) in [5, 5.41) is 8.37. The van der Waals surface area contributed by atoms with Gasteiger partial charge in [-0.2, -0.15) is 0 Å². The van der Waals surface area contributed by atoms with Crippen LogP contribution in [0.2, 0.25) is 0 Å². The van der Waals surface area contributed by atoms with E-state index in [1.807, 2.05) is 36.4 Å². The number of aromatic nitrogens is 2. The van der Waals surface area contributed by atoms with E-state index >= 15 is 0 Å². The van der Waals surface area contributed by atoms with Crippen LogP contribution in [0, 0.1) is 0 Å². The van der Waals surface area contributed by atoms with Crippen molar-refractivity contribution >= 4 is 6.08 Å². The molecule has 3 aromatic rings. The molecule has 144 valence electrons. The standard InChI is InChI=1S/C23H26N4O/c1-3-8-20(9-4-1)10-7-14-26-16-18-27(19-17-26)15-13-22-24-25-23(28-22)21-11-5-2-6-12-21/h1-12H,13-19H2/b10-7+. The lowest BCUT2D eigenvalue weighted by Crippen LogP contribution is -2.46. The normalized spacial score (nSPS) is 16.0. The van der Waals surface area contributed by atoms with Crippen LogP contribution in [0.4, 0.5) is 0 Å². The highest BCUT2D eigenvalue weighted by molar-refractivity contribution is 5.51. The monoisotopic (exact) mass is 374 g/mol. The second-order valence-electron chi connectivity index (χ2n) is 7.07. The summed E-state index contributed by atoms with van der Waals surface area (Å²) in [5.74, 6) is 1.32. The van der Waals surface area contributed by atoms with Crippen LogP contribution in [0.3, 0.4) is 0 Å². The molecule has 2 heterocycles. The van der Waals surface area contributed by atoms with Crippen molar-refractivity contribution in [1.29, 1.82) is 0 Å². The van der Waals surface area contributed by atoms with Crippen molar-refractivity contribution in [2.45, 2.75) is 6.42 Å². The zero-order valence-electron chi connectivity index (χ0n) is 16.1. The summed E-state index contributed by atoms with van der Waals surface area (Å²) in [7, 11) is 0. The summed E-state index contributed by atoms with van der Waals surface area (Å²) in [6.07, 6.45) is 5.26. The van der Waals surface area contributed by atoms with Crippen LogP contribution in [0.1, 0.15) is 11.5 Å². The Labute approximate surface area is 166 Å². The van der Waals surface area contributed by atoms with E-state index in [1.165, 1.54) is 5.56 Å². The lowest BCUT2D eigenvalue weighted by molar-refractivity contribution is 0.142. The van der Waals surface area contributed by atoms with Gasteiger partial charge in [-0.1, -0.05) is 60.7 Å². The SMILES string of the molecule is C(=C\c1ccccc1)/CN1CCN(CCc2nnc(-c3ccccc3)o2)CC1. The third-order valence-corrected chi connectivity index (χ3v) is 5.07. The van der Waals surface area contributed by atoms with Crippen LogP contribution >= 0.6 is 0 Å². The molecule has 0 amide bonds. The fourth-order valence-corrected chi connectivity index (χ4v) is 3.40. The predicted molar refractivity (Wildman–Crippen MR) is 112 cm³/mol. The number of piperazine rings is 1. The lowest BCUT2D eigenvalue weighted by Gasteiger charge is -2.33. The highest BCUT2D eigenvalue weighted by Gasteiger charge is 2.17. The van der Waals surface area contributed by atoms with Gasteiger partial charge in [-0.3, -0.25) is 4.90 Å². The van der Waals surface area contributed by atoms with E-state index in [0.717, 1.165) is 51.3 Å². The van der Waals surface area contributed by atoms with Gasteiger partial charge in [0.25, 0.3) is 0 Å². The van der Waals surface area contributed by atoms with Gasteiger partial charge < -0.3 is 9.32 Å². The van der Waals surface area contributed by atoms with Crippen molar-refractivity contribution in [3.63, 3.8) is 0 Å². The van der Waals surface area contributed by atoms with E-state index in [9.17, 15) is 0 Å². The van der Waals surface area contributed by atoms with Crippen LogP contribution in [0.25, 0.3) is 17.5 Å². The molecule has 28 heavy (non-hydrogen) atoms. The molecule has 2 aromatic carbocycles. The average Bonchev–Trinajstić information content (AvgIpc) is 3.24. The maximum Gasteiger partial charge on any atom is 0.247 e. The molecule has 0 bridgehead atoms. The van der Waals surface area contributed by atoms with E-state index in [-0.39, 0.29) is 0 Å². The summed E-state index contributed by atoms with van der Waals surface area (Å²) >= 11 is 0. The molecular formula is C23H26N4O. The summed E-state index contributed by atoms with van der Waals surface area (Å²) in [6.45, 7) is 6.32. The summed E-state index contributed by atoms with van der Waals surface area (Å²) in [6, 6.07) is 20.4. The van der Waals surface area contributed by atoms with Gasteiger partial charge in [0.05, 0.1) is 0 Å². The largest absolute Gasteiger partial charge is 0.421 e. The molecule has 0 aliphatic carbocycles. The van der Waals surface area contributed by atoms with Gasteiger partial charge in [0, 0.05) is 51.3 Å². The van der Waals surface area contributed by atoms with Gasteiger partial charge in [-0.05, 0) is 17.7 Å². The molecule has 0 saturated carbocycles. The highest BCUT2D eigenvalue weighted by Crippen LogP contribution is 2.17. The number of nitrogens with zero attached hydrogens (tertiary/aromatic N) is 4. The Morgan fingerprint density at radius 2 is 1.50 bits per heavy atom. The molecule has 1 saturated heterocycles. The second kappa shape index (κ2) is 9.44. The first-order valence-electron chi connectivity index (χ1n) is 9.91. The molecule has 0 N–H and O–H groups in total. The fraction of sp³-hybridized carbons (Fsp3) is 0.304. The maximum atomic E-state index is 5.81. The first-order valence-corrected chi connectivity index (χ1v) is 9.91. The van der Waals surface area contributed by atoms with Crippen LogP contribution in [-0.4, -0.2) is 59.3 Å². The van der Waals surface area contributed by atoms with E-state index in [1.54, 1.807) is 0 Å². The molecule has 5 nitrogen and oxygen atoms in total. The van der Waals surface area contributed by atoms with Crippen LogP contribution in [-0.2, 0) is 6.42 Å². The molecule has 1 aliphatic rings. The zero-order valence-corrected chi connectivity index (χ0v) is 16.1. The van der Waals surface area contributed by atoms with E-state index in [4.69, 9.17) is 4.42 Å². The summed E-state index contributed by atoms with van der Waals surface area (Å²) in [5.41, 5.74) is 2.23. The average molecular weight is 374 g/mol. The van der Waals surface area contributed by atoms with Crippen molar-refractivity contribution in [2.75, 3.05) is 39.3 Å². The topological polar surface area (TPSA) is 45.4 Å². The Kier molecular flexibility index (Phi) is 6.27. The van der Waals surface area contributed by atoms with Crippen molar-refractivity contribution in [1.82, 2.24) is 20.0 Å². The third kappa shape index (κ3) is 5.15. The summed E-state index contributed by atoms with van der Waals surface area (Å²) < 4.78 is 5.81. The Balaban J connectivity index is 1.19. The number of hydrogen-bond donors (Lipinski definition) is 0. The van der Waals surface area contributed by atoms with Crippen LogP contribution < -0.4 is 0 Å². The van der Waals surface area contributed by atoms with Gasteiger partial charge in [0.15, 0.2) is 0 Å². The Morgan fingerprint density at radius 1 is 0.821 bits per heavy atom. The first-order chi connectivity index (χ1) is 13.9. The molecule has 1 fully saturated rings. The molecule has 0 atom stereocenters. The number of rotatable bonds is 7. The third-order valence-electron chi connectivity index (χ3n) is 5.07. The quantitative estimate of drug-likeness (QED) is 0.632. The van der Waals surface area contributed by atoms with Gasteiger partial charge >= 0.3 is 0 Å². The molecule has 0 unspecified atom stereocenters. The van der Waals surface area contributed by atoms with Crippen molar-refractivity contribution in [2.24, 2.45) is 0 Å². The van der Waals surface area contributed by atoms with Crippen LogP contribution in [0.15, 0.2) is 71.2 Å². The molecule has 1 aliphatic heterocycles. The molecule has 4 rings (SSSR count). The Hall–Kier alpha value is -2.76. The van der Waals surface area contributed by atoms with Crippen molar-refractivity contribution in [3.05, 3.63) is 78.2 Å². The first kappa shape index (κ1) is 18.6. The van der Waals surface area contributed by atoms with Gasteiger partial charge in [0.1, 0.15) is 0 Å². The summed E-state index contributed by atoms with van der Waals surface area (Å²) in [4.78, 5) is 4.97. The fourth-order valence-electron chi connectivity index (χ4n) is 3.40. The van der Waals surface area contributed by atoms with Gasteiger partial charge in [0.2, 0.25) is 11.8 Å². The molecule has 5 heteroatoms. The van der Waals surface area contributed by atoms with E-state index in [0.29, 0.717) is 11.8 Å². The highest BCUT2D eigenvalue weighted by atomic mass is 16.4. The van der Waals surface area contributed by atoms with Crippen LogP contribution in [0.5, 0.6) is 0 Å². The van der Waals surface area contributed by atoms with Crippen molar-refractivity contribution < 1.29 is 4.42 Å². The minimum absolute atomic E-state index is 0.602. The predicted octanol–water partition coefficient (Wildman–Crippen LogP) is 3.61. The number of benzene rings is 2. The second-order valence-corrected chi connectivity index (χ2v) is 7.07. The number of hydrogen-bond acceptors (Lipinski definition) is 5.